The average Bonchev–Trinajstić information content (AvgIpc) is 2.46. The molecule has 1 unspecified atom stereocenters. The van der Waals surface area contributed by atoms with Crippen molar-refractivity contribution in [2.24, 2.45) is 11.8 Å². The fourth-order valence-electron chi connectivity index (χ4n) is 2.96. The number of hydrogen-bond donors (Lipinski definition) is 2. The van der Waals surface area contributed by atoms with Gasteiger partial charge >= 0.3 is 0 Å². The zero-order chi connectivity index (χ0) is 13.5. The van der Waals surface area contributed by atoms with E-state index in [1.165, 1.54) is 32.1 Å². The lowest BCUT2D eigenvalue weighted by Crippen LogP contribution is -2.25. The quantitative estimate of drug-likeness (QED) is 0.768. The number of hydrogen-bond acceptors (Lipinski definition) is 2. The van der Waals surface area contributed by atoms with Crippen LogP contribution in [0.4, 0.5) is 0 Å². The molecule has 2 nitrogen and oxygen atoms in total. The maximum absolute atomic E-state index is 10.0. The molecule has 1 aliphatic rings. The Bertz CT molecular complexity index is 344. The summed E-state index contributed by atoms with van der Waals surface area (Å²) >= 11 is 0. The molecular formula is C17H27NO. The van der Waals surface area contributed by atoms with E-state index in [4.69, 9.17) is 0 Å². The largest absolute Gasteiger partial charge is 0.387 e. The van der Waals surface area contributed by atoms with Crippen molar-refractivity contribution in [2.45, 2.75) is 45.1 Å². The van der Waals surface area contributed by atoms with Crippen LogP contribution in [0.5, 0.6) is 0 Å². The highest BCUT2D eigenvalue weighted by atomic mass is 16.3. The van der Waals surface area contributed by atoms with Crippen molar-refractivity contribution in [3.63, 3.8) is 0 Å². The predicted octanol–water partition coefficient (Wildman–Crippen LogP) is 3.53. The van der Waals surface area contributed by atoms with Gasteiger partial charge in [-0.05, 0) is 30.4 Å². The van der Waals surface area contributed by atoms with Crippen molar-refractivity contribution >= 4 is 0 Å². The van der Waals surface area contributed by atoms with Gasteiger partial charge in [-0.15, -0.1) is 0 Å². The number of benzene rings is 1. The van der Waals surface area contributed by atoms with Crippen LogP contribution in [0.2, 0.25) is 0 Å². The lowest BCUT2D eigenvalue weighted by atomic mass is 9.81. The summed E-state index contributed by atoms with van der Waals surface area (Å²) in [5.41, 5.74) is 1.00. The van der Waals surface area contributed by atoms with Gasteiger partial charge < -0.3 is 10.4 Å². The molecule has 0 heterocycles. The van der Waals surface area contributed by atoms with E-state index in [2.05, 4.69) is 12.2 Å². The van der Waals surface area contributed by atoms with Gasteiger partial charge in [0, 0.05) is 6.54 Å². The molecule has 0 bridgehead atoms. The fourth-order valence-corrected chi connectivity index (χ4v) is 2.96. The Morgan fingerprint density at radius 2 is 1.84 bits per heavy atom. The summed E-state index contributed by atoms with van der Waals surface area (Å²) in [6.07, 6.45) is 6.46. The van der Waals surface area contributed by atoms with Gasteiger partial charge in [0.15, 0.2) is 0 Å². The SMILES string of the molecule is CC1CCC(CCNCC(O)c2ccccc2)CC1. The molecule has 1 aliphatic carbocycles. The molecule has 0 aliphatic heterocycles. The number of aliphatic hydroxyl groups excluding tert-OH is 1. The van der Waals surface area contributed by atoms with Gasteiger partial charge in [0.05, 0.1) is 6.10 Å². The molecule has 1 aromatic carbocycles. The molecule has 0 saturated heterocycles. The predicted molar refractivity (Wildman–Crippen MR) is 80.0 cm³/mol. The van der Waals surface area contributed by atoms with Gasteiger partial charge in [0.2, 0.25) is 0 Å². The van der Waals surface area contributed by atoms with E-state index in [1.54, 1.807) is 0 Å². The molecule has 1 saturated carbocycles. The Balaban J connectivity index is 1.59. The van der Waals surface area contributed by atoms with Crippen molar-refractivity contribution in [3.8, 4) is 0 Å². The lowest BCUT2D eigenvalue weighted by Gasteiger charge is -2.26. The van der Waals surface area contributed by atoms with Crippen LogP contribution in [-0.2, 0) is 0 Å². The molecule has 2 rings (SSSR count). The van der Waals surface area contributed by atoms with Crippen molar-refractivity contribution in [2.75, 3.05) is 13.1 Å². The van der Waals surface area contributed by atoms with Crippen LogP contribution in [-0.4, -0.2) is 18.2 Å². The first kappa shape index (κ1) is 14.5. The summed E-state index contributed by atoms with van der Waals surface area (Å²) in [7, 11) is 0. The minimum atomic E-state index is -0.382. The maximum atomic E-state index is 10.0. The Morgan fingerprint density at radius 1 is 1.16 bits per heavy atom. The highest BCUT2D eigenvalue weighted by molar-refractivity contribution is 5.17. The van der Waals surface area contributed by atoms with Gasteiger partial charge in [-0.2, -0.15) is 0 Å². The first-order chi connectivity index (χ1) is 9.25. The van der Waals surface area contributed by atoms with Crippen LogP contribution in [0, 0.1) is 11.8 Å². The van der Waals surface area contributed by atoms with Gasteiger partial charge in [-0.3, -0.25) is 0 Å². The van der Waals surface area contributed by atoms with Crippen molar-refractivity contribution < 1.29 is 5.11 Å². The molecule has 0 amide bonds. The first-order valence-electron chi connectivity index (χ1n) is 7.69. The van der Waals surface area contributed by atoms with Crippen molar-refractivity contribution in [3.05, 3.63) is 35.9 Å². The van der Waals surface area contributed by atoms with Crippen LogP contribution < -0.4 is 5.32 Å². The lowest BCUT2D eigenvalue weighted by molar-refractivity contribution is 0.173. The Morgan fingerprint density at radius 3 is 2.53 bits per heavy atom. The van der Waals surface area contributed by atoms with Crippen LogP contribution in [0.3, 0.4) is 0 Å². The van der Waals surface area contributed by atoms with E-state index in [9.17, 15) is 5.11 Å². The van der Waals surface area contributed by atoms with E-state index < -0.39 is 0 Å². The summed E-state index contributed by atoms with van der Waals surface area (Å²) in [4.78, 5) is 0. The summed E-state index contributed by atoms with van der Waals surface area (Å²) < 4.78 is 0. The second-order valence-corrected chi connectivity index (χ2v) is 6.05. The summed E-state index contributed by atoms with van der Waals surface area (Å²) in [6, 6.07) is 9.89. The summed E-state index contributed by atoms with van der Waals surface area (Å²) in [5, 5.41) is 13.4. The van der Waals surface area contributed by atoms with Crippen LogP contribution >= 0.6 is 0 Å². The molecule has 0 spiro atoms. The molecule has 1 fully saturated rings. The summed E-state index contributed by atoms with van der Waals surface area (Å²) in [5.74, 6) is 1.83. The third-order valence-corrected chi connectivity index (χ3v) is 4.39. The van der Waals surface area contributed by atoms with E-state index >= 15 is 0 Å². The highest BCUT2D eigenvalue weighted by Crippen LogP contribution is 2.29. The Labute approximate surface area is 117 Å². The fraction of sp³-hybridized carbons (Fsp3) is 0.647. The van der Waals surface area contributed by atoms with Crippen LogP contribution in [0.15, 0.2) is 30.3 Å². The second-order valence-electron chi connectivity index (χ2n) is 6.05. The van der Waals surface area contributed by atoms with Crippen molar-refractivity contribution in [1.82, 2.24) is 5.32 Å². The molecule has 1 atom stereocenters. The number of aliphatic hydroxyl groups is 1. The smallest absolute Gasteiger partial charge is 0.0914 e. The third kappa shape index (κ3) is 4.96. The van der Waals surface area contributed by atoms with Crippen LogP contribution in [0.1, 0.15) is 50.7 Å². The van der Waals surface area contributed by atoms with E-state index in [0.717, 1.165) is 23.9 Å². The average molecular weight is 261 g/mol. The topological polar surface area (TPSA) is 32.3 Å². The third-order valence-electron chi connectivity index (χ3n) is 4.39. The van der Waals surface area contributed by atoms with Gasteiger partial charge in [0.25, 0.3) is 0 Å². The second kappa shape index (κ2) is 7.66. The monoisotopic (exact) mass is 261 g/mol. The number of rotatable bonds is 6. The van der Waals surface area contributed by atoms with Crippen LogP contribution in [0.25, 0.3) is 0 Å². The van der Waals surface area contributed by atoms with Gasteiger partial charge in [-0.25, -0.2) is 0 Å². The molecule has 0 radical (unpaired) electrons. The van der Waals surface area contributed by atoms with E-state index in [-0.39, 0.29) is 6.10 Å². The van der Waals surface area contributed by atoms with Gasteiger partial charge in [-0.1, -0.05) is 62.9 Å². The maximum Gasteiger partial charge on any atom is 0.0914 e. The molecular weight excluding hydrogens is 234 g/mol. The van der Waals surface area contributed by atoms with Crippen molar-refractivity contribution in [1.29, 1.82) is 0 Å². The zero-order valence-electron chi connectivity index (χ0n) is 12.0. The van der Waals surface area contributed by atoms with E-state index in [1.807, 2.05) is 30.3 Å². The Kier molecular flexibility index (Phi) is 5.87. The molecule has 0 aromatic heterocycles. The minimum absolute atomic E-state index is 0.382. The molecule has 1 aromatic rings. The van der Waals surface area contributed by atoms with E-state index in [0.29, 0.717) is 6.54 Å². The first-order valence-corrected chi connectivity index (χ1v) is 7.69. The minimum Gasteiger partial charge on any atom is -0.387 e. The summed E-state index contributed by atoms with van der Waals surface area (Å²) in [6.45, 7) is 4.06. The normalized spacial score (nSPS) is 25.2. The Hall–Kier alpha value is -0.860. The highest BCUT2D eigenvalue weighted by Gasteiger charge is 2.17. The molecule has 19 heavy (non-hydrogen) atoms. The zero-order valence-corrected chi connectivity index (χ0v) is 12.0. The van der Waals surface area contributed by atoms with Gasteiger partial charge in [0.1, 0.15) is 0 Å². The molecule has 2 heteroatoms. The molecule has 106 valence electrons. The molecule has 2 N–H and O–H groups in total. The number of nitrogens with one attached hydrogen (secondary N) is 1. The standard InChI is InChI=1S/C17H27NO/c1-14-7-9-15(10-8-14)11-12-18-13-17(19)16-5-3-2-4-6-16/h2-6,14-15,17-19H,7-13H2,1H3.